The number of hydrogen-bond acceptors (Lipinski definition) is 5. The van der Waals surface area contributed by atoms with Crippen molar-refractivity contribution in [1.29, 1.82) is 0 Å². The number of nitrogens with zero attached hydrogens (tertiary/aromatic N) is 2. The van der Waals surface area contributed by atoms with Crippen LogP contribution in [0.4, 0.5) is 8.78 Å². The zero-order chi connectivity index (χ0) is 25.6. The average Bonchev–Trinajstić information content (AvgIpc) is 3.34. The minimum absolute atomic E-state index is 0.139. The number of aromatic nitrogens is 2. The van der Waals surface area contributed by atoms with Crippen molar-refractivity contribution in [2.45, 2.75) is 24.0 Å². The first-order valence-electron chi connectivity index (χ1n) is 11.3. The Bertz CT molecular complexity index is 1370. The van der Waals surface area contributed by atoms with Crippen LogP contribution in [0.5, 0.6) is 0 Å². The molecule has 3 aromatic carbocycles. The summed E-state index contributed by atoms with van der Waals surface area (Å²) < 4.78 is 65.3. The largest absolute Gasteiger partial charge is 0.401 e. The van der Waals surface area contributed by atoms with Gasteiger partial charge in [-0.3, -0.25) is 0 Å². The Hall–Kier alpha value is -3.40. The Labute approximate surface area is 209 Å². The Morgan fingerprint density at radius 2 is 1.53 bits per heavy atom. The fourth-order valence-electron chi connectivity index (χ4n) is 3.57. The molecule has 188 valence electrons. The van der Waals surface area contributed by atoms with E-state index >= 15 is 0 Å². The van der Waals surface area contributed by atoms with Gasteiger partial charge in [0, 0.05) is 18.4 Å². The van der Waals surface area contributed by atoms with Crippen LogP contribution in [-0.4, -0.2) is 37.7 Å². The van der Waals surface area contributed by atoms with E-state index in [1.807, 2.05) is 36.4 Å². The molecule has 4 rings (SSSR count). The molecule has 0 amide bonds. The normalized spacial score (nSPS) is 12.1. The quantitative estimate of drug-likeness (QED) is 0.244. The third-order valence-electron chi connectivity index (χ3n) is 5.41. The first-order valence-corrected chi connectivity index (χ1v) is 13.2. The Morgan fingerprint density at radius 1 is 0.889 bits per heavy atom. The molecule has 0 radical (unpaired) electrons. The van der Waals surface area contributed by atoms with E-state index in [1.54, 1.807) is 36.4 Å². The standard InChI is InChI=1S/C27H26F2N2O4S/c1-36(32,33)24-15-13-22(14-16-24)25-19-26(30-31(25)23-11-6-3-7-12-23)27(28,29)35-18-8-17-34-20-21-9-4-2-5-10-21/h2-7,9-16,19H,8,17-18,20H2,1H3. The van der Waals surface area contributed by atoms with Crippen LogP contribution in [0.25, 0.3) is 16.9 Å². The second-order valence-electron chi connectivity index (χ2n) is 8.22. The Morgan fingerprint density at radius 3 is 2.17 bits per heavy atom. The number of alkyl halides is 2. The fourth-order valence-corrected chi connectivity index (χ4v) is 4.20. The highest BCUT2D eigenvalue weighted by Crippen LogP contribution is 2.33. The van der Waals surface area contributed by atoms with Gasteiger partial charge in [-0.15, -0.1) is 0 Å². The molecule has 0 aliphatic heterocycles. The maximum absolute atomic E-state index is 15.0. The number of benzene rings is 3. The predicted molar refractivity (Wildman–Crippen MR) is 133 cm³/mol. The van der Waals surface area contributed by atoms with Gasteiger partial charge >= 0.3 is 6.11 Å². The van der Waals surface area contributed by atoms with Gasteiger partial charge < -0.3 is 9.47 Å². The molecular weight excluding hydrogens is 486 g/mol. The maximum atomic E-state index is 15.0. The summed E-state index contributed by atoms with van der Waals surface area (Å²) in [6.07, 6.45) is -2.22. The summed E-state index contributed by atoms with van der Waals surface area (Å²) >= 11 is 0. The molecule has 0 N–H and O–H groups in total. The smallest absolute Gasteiger partial charge is 0.377 e. The van der Waals surface area contributed by atoms with Crippen molar-refractivity contribution in [3.63, 3.8) is 0 Å². The number of rotatable bonds is 11. The molecule has 0 aliphatic rings. The van der Waals surface area contributed by atoms with Crippen molar-refractivity contribution in [1.82, 2.24) is 9.78 Å². The Kier molecular flexibility index (Phi) is 7.93. The second-order valence-corrected chi connectivity index (χ2v) is 10.2. The van der Waals surface area contributed by atoms with Gasteiger partial charge in [-0.2, -0.15) is 13.9 Å². The van der Waals surface area contributed by atoms with E-state index in [0.717, 1.165) is 11.8 Å². The van der Waals surface area contributed by atoms with E-state index in [1.165, 1.54) is 22.9 Å². The second kappa shape index (κ2) is 11.1. The van der Waals surface area contributed by atoms with Gasteiger partial charge in [0.15, 0.2) is 15.5 Å². The van der Waals surface area contributed by atoms with E-state index in [4.69, 9.17) is 9.47 Å². The highest BCUT2D eigenvalue weighted by molar-refractivity contribution is 7.90. The van der Waals surface area contributed by atoms with Gasteiger partial charge in [-0.25, -0.2) is 13.1 Å². The van der Waals surface area contributed by atoms with Crippen molar-refractivity contribution >= 4 is 9.84 Å². The number of hydrogen-bond donors (Lipinski definition) is 0. The first kappa shape index (κ1) is 25.7. The van der Waals surface area contributed by atoms with Crippen LogP contribution < -0.4 is 0 Å². The summed E-state index contributed by atoms with van der Waals surface area (Å²) in [5.41, 5.74) is 1.96. The third-order valence-corrected chi connectivity index (χ3v) is 6.54. The lowest BCUT2D eigenvalue weighted by molar-refractivity contribution is -0.252. The molecule has 0 saturated carbocycles. The lowest BCUT2D eigenvalue weighted by atomic mass is 10.1. The van der Waals surface area contributed by atoms with E-state index in [-0.39, 0.29) is 18.1 Å². The topological polar surface area (TPSA) is 70.4 Å². The van der Waals surface area contributed by atoms with Crippen LogP contribution in [-0.2, 0) is 32.0 Å². The molecular formula is C27H26F2N2O4S. The zero-order valence-corrected chi connectivity index (χ0v) is 20.5. The van der Waals surface area contributed by atoms with E-state index in [9.17, 15) is 17.2 Å². The summed E-state index contributed by atoms with van der Waals surface area (Å²) in [6.45, 7) is 0.472. The summed E-state index contributed by atoms with van der Waals surface area (Å²) in [6, 6.07) is 25.7. The SMILES string of the molecule is CS(=O)(=O)c1ccc(-c2cc(C(F)(F)OCCCOCc3ccccc3)nn2-c2ccccc2)cc1. The molecule has 0 aliphatic carbocycles. The zero-order valence-electron chi connectivity index (χ0n) is 19.7. The van der Waals surface area contributed by atoms with Crippen molar-refractivity contribution in [2.75, 3.05) is 19.5 Å². The lowest BCUT2D eigenvalue weighted by Crippen LogP contribution is -2.20. The Balaban J connectivity index is 1.48. The minimum atomic E-state index is -3.62. The molecule has 0 saturated heterocycles. The van der Waals surface area contributed by atoms with Crippen LogP contribution in [0, 0.1) is 0 Å². The van der Waals surface area contributed by atoms with Crippen molar-refractivity contribution in [2.24, 2.45) is 0 Å². The fraction of sp³-hybridized carbons (Fsp3) is 0.222. The van der Waals surface area contributed by atoms with Crippen LogP contribution >= 0.6 is 0 Å². The van der Waals surface area contributed by atoms with Gasteiger partial charge in [-0.1, -0.05) is 60.7 Å². The van der Waals surface area contributed by atoms with E-state index in [0.29, 0.717) is 30.0 Å². The van der Waals surface area contributed by atoms with Crippen LogP contribution in [0.1, 0.15) is 17.7 Å². The van der Waals surface area contributed by atoms with Crippen molar-refractivity contribution in [3.8, 4) is 16.9 Å². The molecule has 0 fully saturated rings. The van der Waals surface area contributed by atoms with Gasteiger partial charge in [0.1, 0.15) is 0 Å². The molecule has 0 bridgehead atoms. The first-order chi connectivity index (χ1) is 17.2. The highest BCUT2D eigenvalue weighted by atomic mass is 32.2. The lowest BCUT2D eigenvalue weighted by Gasteiger charge is -2.14. The molecule has 1 aromatic heterocycles. The highest BCUT2D eigenvalue weighted by Gasteiger charge is 2.37. The number of ether oxygens (including phenoxy) is 2. The van der Waals surface area contributed by atoms with E-state index < -0.39 is 21.6 Å². The van der Waals surface area contributed by atoms with E-state index in [2.05, 4.69) is 5.10 Å². The summed E-state index contributed by atoms with van der Waals surface area (Å²) in [7, 11) is -3.39. The van der Waals surface area contributed by atoms with Crippen LogP contribution in [0.2, 0.25) is 0 Å². The molecule has 4 aromatic rings. The molecule has 6 nitrogen and oxygen atoms in total. The number of para-hydroxylation sites is 1. The maximum Gasteiger partial charge on any atom is 0.401 e. The van der Waals surface area contributed by atoms with Gasteiger partial charge in [0.2, 0.25) is 0 Å². The minimum Gasteiger partial charge on any atom is -0.377 e. The molecule has 1 heterocycles. The van der Waals surface area contributed by atoms with Gasteiger partial charge in [0.25, 0.3) is 0 Å². The molecule has 0 spiro atoms. The molecule has 0 unspecified atom stereocenters. The average molecular weight is 513 g/mol. The number of sulfone groups is 1. The summed E-state index contributed by atoms with van der Waals surface area (Å²) in [5.74, 6) is 0. The monoisotopic (exact) mass is 512 g/mol. The van der Waals surface area contributed by atoms with Crippen LogP contribution in [0.15, 0.2) is 95.9 Å². The predicted octanol–water partition coefficient (Wildman–Crippen LogP) is 5.62. The third kappa shape index (κ3) is 6.42. The molecule has 36 heavy (non-hydrogen) atoms. The molecule has 9 heteroatoms. The molecule has 0 atom stereocenters. The summed E-state index contributed by atoms with van der Waals surface area (Å²) in [4.78, 5) is 0.139. The van der Waals surface area contributed by atoms with Crippen LogP contribution in [0.3, 0.4) is 0 Å². The van der Waals surface area contributed by atoms with Crippen molar-refractivity contribution in [3.05, 3.63) is 102 Å². The number of halogens is 2. The van der Waals surface area contributed by atoms with Gasteiger partial charge in [0.05, 0.1) is 29.5 Å². The van der Waals surface area contributed by atoms with Crippen molar-refractivity contribution < 1.29 is 26.7 Å². The summed E-state index contributed by atoms with van der Waals surface area (Å²) in [5, 5.41) is 4.15. The van der Waals surface area contributed by atoms with Gasteiger partial charge in [-0.05, 0) is 42.3 Å².